The molecule has 4 rings (SSSR count). The van der Waals surface area contributed by atoms with E-state index >= 15 is 0 Å². The van der Waals surface area contributed by atoms with Gasteiger partial charge in [-0.3, -0.25) is 9.36 Å². The Bertz CT molecular complexity index is 1180. The number of methoxy groups -OCH3 is 1. The molecule has 0 radical (unpaired) electrons. The van der Waals surface area contributed by atoms with Crippen LogP contribution in [0.25, 0.3) is 5.69 Å². The quantitative estimate of drug-likeness (QED) is 0.283. The van der Waals surface area contributed by atoms with Gasteiger partial charge in [-0.05, 0) is 50.7 Å². The number of nitrogens with zero attached hydrogens (tertiary/aromatic N) is 3. The first-order chi connectivity index (χ1) is 18.1. The minimum atomic E-state index is 0.0748. The number of unbranched alkanes of at least 4 members (excludes halogenated alkanes) is 1. The van der Waals surface area contributed by atoms with Crippen LogP contribution >= 0.6 is 11.8 Å². The number of aryl methyl sites for hydroxylation is 1. The summed E-state index contributed by atoms with van der Waals surface area (Å²) in [6, 6.07) is 8.03. The van der Waals surface area contributed by atoms with E-state index in [0.29, 0.717) is 13.0 Å². The number of benzene rings is 1. The van der Waals surface area contributed by atoms with Gasteiger partial charge in [-0.15, -0.1) is 10.2 Å². The van der Waals surface area contributed by atoms with Crippen molar-refractivity contribution in [3.63, 3.8) is 0 Å². The van der Waals surface area contributed by atoms with Gasteiger partial charge in [0.1, 0.15) is 11.6 Å². The molecule has 1 aromatic heterocycles. The summed E-state index contributed by atoms with van der Waals surface area (Å²) in [6.45, 7) is 0.691. The van der Waals surface area contributed by atoms with Crippen molar-refractivity contribution in [3.05, 3.63) is 77.7 Å². The van der Waals surface area contributed by atoms with Crippen LogP contribution in [0.1, 0.15) is 50.8 Å². The lowest BCUT2D eigenvalue weighted by atomic mass is 10.0. The van der Waals surface area contributed by atoms with Gasteiger partial charge in [-0.1, -0.05) is 65.4 Å². The summed E-state index contributed by atoms with van der Waals surface area (Å²) in [4.78, 5) is 12.3. The highest BCUT2D eigenvalue weighted by Crippen LogP contribution is 2.28. The van der Waals surface area contributed by atoms with Gasteiger partial charge >= 0.3 is 0 Å². The molecule has 1 aromatic carbocycles. The standard InChI is InChI=1S/C29H37N5O2S/c1-36-26-14-8-13-25(20-26)34-27(32-33-29(34)37-21-23-11-7-12-24(30)19-23)15-5-6-16-28(35)31-18-17-22-9-3-2-4-10-22/h3,7-14,20,24H,2,4-6,15-19,21,30H2,1H3,(H,31,35). The number of nitrogens with two attached hydrogens (primary N) is 1. The van der Waals surface area contributed by atoms with Crippen molar-refractivity contribution in [2.45, 2.75) is 62.6 Å². The number of carbonyl (C=O) groups is 1. The van der Waals surface area contributed by atoms with Crippen LogP contribution in [0.3, 0.4) is 0 Å². The van der Waals surface area contributed by atoms with Crippen LogP contribution in [-0.4, -0.2) is 46.1 Å². The van der Waals surface area contributed by atoms with Gasteiger partial charge in [0.15, 0.2) is 5.16 Å². The first kappa shape index (κ1) is 26.9. The highest BCUT2D eigenvalue weighted by molar-refractivity contribution is 7.99. The van der Waals surface area contributed by atoms with Crippen LogP contribution in [-0.2, 0) is 11.2 Å². The molecule has 0 aliphatic heterocycles. The Hall–Kier alpha value is -3.10. The van der Waals surface area contributed by atoms with E-state index in [4.69, 9.17) is 10.5 Å². The highest BCUT2D eigenvalue weighted by Gasteiger charge is 2.17. The number of hydrogen-bond acceptors (Lipinski definition) is 6. The molecule has 1 atom stereocenters. The van der Waals surface area contributed by atoms with Gasteiger partial charge in [-0.2, -0.15) is 0 Å². The SMILES string of the molecule is COc1cccc(-n2c(CCCCC(=O)NCCC3=CCCC=C3)nnc2SCC2=CC=CC(N)C2)c1. The molecular formula is C29H37N5O2S. The number of nitrogens with one attached hydrogen (secondary N) is 1. The number of rotatable bonds is 13. The first-order valence-electron chi connectivity index (χ1n) is 13.1. The van der Waals surface area contributed by atoms with Crippen LogP contribution in [0.15, 0.2) is 77.0 Å². The predicted octanol–water partition coefficient (Wildman–Crippen LogP) is 5.08. The van der Waals surface area contributed by atoms with Crippen molar-refractivity contribution in [3.8, 4) is 11.4 Å². The fourth-order valence-corrected chi connectivity index (χ4v) is 5.43. The molecule has 0 saturated carbocycles. The average molecular weight is 520 g/mol. The molecule has 1 heterocycles. The van der Waals surface area contributed by atoms with Crippen molar-refractivity contribution in [2.24, 2.45) is 5.73 Å². The second kappa shape index (κ2) is 14.0. The lowest BCUT2D eigenvalue weighted by Crippen LogP contribution is -2.24. The fraction of sp³-hybridized carbons (Fsp3) is 0.414. The van der Waals surface area contributed by atoms with Crippen molar-refractivity contribution in [1.82, 2.24) is 20.1 Å². The Morgan fingerprint density at radius 2 is 2.16 bits per heavy atom. The zero-order valence-electron chi connectivity index (χ0n) is 21.6. The van der Waals surface area contributed by atoms with E-state index in [1.54, 1.807) is 18.9 Å². The zero-order valence-corrected chi connectivity index (χ0v) is 22.4. The molecule has 8 heteroatoms. The smallest absolute Gasteiger partial charge is 0.220 e. The minimum Gasteiger partial charge on any atom is -0.497 e. The second-order valence-corrected chi connectivity index (χ2v) is 10.3. The molecule has 0 saturated heterocycles. The Morgan fingerprint density at radius 3 is 2.97 bits per heavy atom. The normalized spacial score (nSPS) is 16.9. The molecule has 0 spiro atoms. The Labute approximate surface area is 223 Å². The number of aromatic nitrogens is 3. The van der Waals surface area contributed by atoms with E-state index in [0.717, 1.165) is 73.1 Å². The van der Waals surface area contributed by atoms with E-state index < -0.39 is 0 Å². The number of carbonyl (C=O) groups excluding carboxylic acids is 1. The largest absolute Gasteiger partial charge is 0.497 e. The molecule has 0 fully saturated rings. The van der Waals surface area contributed by atoms with Gasteiger partial charge in [0.05, 0.1) is 12.8 Å². The average Bonchev–Trinajstić information content (AvgIpc) is 3.33. The summed E-state index contributed by atoms with van der Waals surface area (Å²) in [6.07, 6.45) is 19.7. The summed E-state index contributed by atoms with van der Waals surface area (Å²) >= 11 is 1.67. The predicted molar refractivity (Wildman–Crippen MR) is 150 cm³/mol. The summed E-state index contributed by atoms with van der Waals surface area (Å²) in [5, 5.41) is 12.9. The van der Waals surface area contributed by atoms with E-state index in [1.165, 1.54) is 11.1 Å². The Balaban J connectivity index is 1.33. The topological polar surface area (TPSA) is 95.1 Å². The van der Waals surface area contributed by atoms with Gasteiger partial charge in [0.25, 0.3) is 0 Å². The molecule has 196 valence electrons. The van der Waals surface area contributed by atoms with Crippen molar-refractivity contribution in [1.29, 1.82) is 0 Å². The van der Waals surface area contributed by atoms with Gasteiger partial charge in [0, 0.05) is 37.2 Å². The molecule has 3 N–H and O–H groups in total. The molecule has 2 aromatic rings. The summed E-state index contributed by atoms with van der Waals surface area (Å²) in [5.74, 6) is 2.60. The van der Waals surface area contributed by atoms with Crippen LogP contribution in [0, 0.1) is 0 Å². The Morgan fingerprint density at radius 1 is 1.24 bits per heavy atom. The molecule has 1 unspecified atom stereocenters. The van der Waals surface area contributed by atoms with Crippen LogP contribution in [0.5, 0.6) is 5.75 Å². The van der Waals surface area contributed by atoms with Crippen LogP contribution in [0.2, 0.25) is 0 Å². The van der Waals surface area contributed by atoms with Crippen molar-refractivity contribution >= 4 is 17.7 Å². The molecular weight excluding hydrogens is 482 g/mol. The number of amides is 1. The lowest BCUT2D eigenvalue weighted by Gasteiger charge is -2.15. The third kappa shape index (κ3) is 8.20. The van der Waals surface area contributed by atoms with E-state index in [2.05, 4.69) is 44.4 Å². The lowest BCUT2D eigenvalue weighted by molar-refractivity contribution is -0.121. The van der Waals surface area contributed by atoms with Crippen molar-refractivity contribution in [2.75, 3.05) is 19.4 Å². The second-order valence-electron chi connectivity index (χ2n) is 9.37. The molecule has 2 aliphatic rings. The molecule has 1 amide bonds. The van der Waals surface area contributed by atoms with E-state index in [-0.39, 0.29) is 11.9 Å². The minimum absolute atomic E-state index is 0.0748. The summed E-state index contributed by atoms with van der Waals surface area (Å²) in [7, 11) is 1.67. The van der Waals surface area contributed by atoms with Gasteiger partial charge < -0.3 is 15.8 Å². The third-order valence-electron chi connectivity index (χ3n) is 6.45. The zero-order chi connectivity index (χ0) is 25.9. The highest BCUT2D eigenvalue weighted by atomic mass is 32.2. The maximum Gasteiger partial charge on any atom is 0.220 e. The van der Waals surface area contributed by atoms with Crippen LogP contribution in [0.4, 0.5) is 0 Å². The van der Waals surface area contributed by atoms with Gasteiger partial charge in [-0.25, -0.2) is 0 Å². The monoisotopic (exact) mass is 519 g/mol. The maximum absolute atomic E-state index is 12.3. The Kier molecular flexibility index (Phi) is 10.2. The number of thioether (sulfide) groups is 1. The number of allylic oxidation sites excluding steroid dienone is 5. The molecule has 2 aliphatic carbocycles. The molecule has 7 nitrogen and oxygen atoms in total. The molecule has 0 bridgehead atoms. The summed E-state index contributed by atoms with van der Waals surface area (Å²) < 4.78 is 7.56. The summed E-state index contributed by atoms with van der Waals surface area (Å²) in [5.41, 5.74) is 9.67. The maximum atomic E-state index is 12.3. The third-order valence-corrected chi connectivity index (χ3v) is 7.49. The van der Waals surface area contributed by atoms with E-state index in [1.807, 2.05) is 36.4 Å². The molecule has 37 heavy (non-hydrogen) atoms. The fourth-order valence-electron chi connectivity index (χ4n) is 4.46. The van der Waals surface area contributed by atoms with Crippen molar-refractivity contribution < 1.29 is 9.53 Å². The number of ether oxygens (including phenoxy) is 1. The van der Waals surface area contributed by atoms with Crippen LogP contribution < -0.4 is 15.8 Å². The number of hydrogen-bond donors (Lipinski definition) is 2. The van der Waals surface area contributed by atoms with Gasteiger partial charge in [0.2, 0.25) is 5.91 Å². The van der Waals surface area contributed by atoms with E-state index in [9.17, 15) is 4.79 Å². The first-order valence-corrected chi connectivity index (χ1v) is 14.1.